The number of halogens is 2. The Morgan fingerprint density at radius 2 is 1.65 bits per heavy atom. The van der Waals surface area contributed by atoms with Gasteiger partial charge in [-0.2, -0.15) is 0 Å². The molecule has 1 saturated carbocycles. The summed E-state index contributed by atoms with van der Waals surface area (Å²) in [7, 11) is 0. The van der Waals surface area contributed by atoms with Gasteiger partial charge in [0.1, 0.15) is 16.1 Å². The van der Waals surface area contributed by atoms with E-state index in [9.17, 15) is 0 Å². The molecule has 0 atom stereocenters. The van der Waals surface area contributed by atoms with Crippen LogP contribution in [-0.4, -0.2) is 9.97 Å². The number of hydrogen-bond acceptors (Lipinski definition) is 2. The van der Waals surface area contributed by atoms with Gasteiger partial charge in [0.2, 0.25) is 0 Å². The molecule has 1 aliphatic carbocycles. The van der Waals surface area contributed by atoms with Crippen molar-refractivity contribution >= 4 is 23.2 Å². The van der Waals surface area contributed by atoms with Crippen molar-refractivity contribution in [2.75, 3.05) is 0 Å². The van der Waals surface area contributed by atoms with Crippen LogP contribution in [0.5, 0.6) is 0 Å². The Hall–Kier alpha value is -1.12. The van der Waals surface area contributed by atoms with Gasteiger partial charge in [0.05, 0.1) is 5.41 Å². The summed E-state index contributed by atoms with van der Waals surface area (Å²) in [5, 5.41) is 1.01. The van der Waals surface area contributed by atoms with Crippen LogP contribution in [0.4, 0.5) is 0 Å². The Labute approximate surface area is 129 Å². The van der Waals surface area contributed by atoms with Crippen molar-refractivity contribution in [2.24, 2.45) is 0 Å². The van der Waals surface area contributed by atoms with Crippen LogP contribution in [0.3, 0.4) is 0 Å². The van der Waals surface area contributed by atoms with E-state index < -0.39 is 0 Å². The van der Waals surface area contributed by atoms with E-state index >= 15 is 0 Å². The summed E-state index contributed by atoms with van der Waals surface area (Å²) in [6.07, 6.45) is 3.90. The predicted molar refractivity (Wildman–Crippen MR) is 82.5 cm³/mol. The fourth-order valence-corrected chi connectivity index (χ4v) is 3.20. The average Bonchev–Trinajstić information content (AvgIpc) is 3.25. The molecule has 4 heteroatoms. The first-order valence-corrected chi connectivity index (χ1v) is 7.71. The fourth-order valence-electron chi connectivity index (χ4n) is 2.62. The Morgan fingerprint density at radius 3 is 2.15 bits per heavy atom. The molecule has 0 bridgehead atoms. The van der Waals surface area contributed by atoms with Gasteiger partial charge in [-0.05, 0) is 24.8 Å². The number of aromatic nitrogens is 2. The van der Waals surface area contributed by atoms with E-state index in [4.69, 9.17) is 23.2 Å². The average molecular weight is 307 g/mol. The third kappa shape index (κ3) is 2.32. The summed E-state index contributed by atoms with van der Waals surface area (Å²) in [5.41, 5.74) is 2.03. The Bertz CT molecular complexity index is 599. The highest BCUT2D eigenvalue weighted by atomic mass is 35.5. The highest BCUT2D eigenvalue weighted by molar-refractivity contribution is 6.34. The zero-order chi connectivity index (χ0) is 14.2. The van der Waals surface area contributed by atoms with Crippen molar-refractivity contribution in [3.8, 4) is 0 Å². The van der Waals surface area contributed by atoms with E-state index in [0.717, 1.165) is 37.1 Å². The van der Waals surface area contributed by atoms with E-state index in [2.05, 4.69) is 29.0 Å². The van der Waals surface area contributed by atoms with Crippen LogP contribution in [0, 0.1) is 0 Å². The van der Waals surface area contributed by atoms with Gasteiger partial charge >= 0.3 is 0 Å². The van der Waals surface area contributed by atoms with Crippen molar-refractivity contribution in [1.82, 2.24) is 9.97 Å². The summed E-state index contributed by atoms with van der Waals surface area (Å²) >= 11 is 12.6. The second kappa shape index (κ2) is 5.34. The minimum atomic E-state index is -0.0840. The molecule has 1 fully saturated rings. The van der Waals surface area contributed by atoms with Crippen LogP contribution in [0.25, 0.3) is 0 Å². The smallest absolute Gasteiger partial charge is 0.142 e. The second-order valence-corrected chi connectivity index (χ2v) is 6.02. The van der Waals surface area contributed by atoms with Crippen molar-refractivity contribution in [2.45, 2.75) is 38.0 Å². The van der Waals surface area contributed by atoms with Gasteiger partial charge in [0.15, 0.2) is 0 Å². The number of hydrogen-bond donors (Lipinski definition) is 0. The third-order valence-electron chi connectivity index (χ3n) is 3.91. The van der Waals surface area contributed by atoms with E-state index in [-0.39, 0.29) is 5.41 Å². The van der Waals surface area contributed by atoms with Gasteiger partial charge in [0.25, 0.3) is 0 Å². The normalized spacial score (nSPS) is 16.1. The van der Waals surface area contributed by atoms with Crippen LogP contribution in [0.2, 0.25) is 10.3 Å². The molecule has 3 rings (SSSR count). The molecule has 1 aromatic heterocycles. The molecule has 0 saturated heterocycles. The topological polar surface area (TPSA) is 25.8 Å². The van der Waals surface area contributed by atoms with Crippen LogP contribution >= 0.6 is 23.2 Å². The van der Waals surface area contributed by atoms with Crippen LogP contribution in [0.15, 0.2) is 30.3 Å². The monoisotopic (exact) mass is 306 g/mol. The van der Waals surface area contributed by atoms with Crippen molar-refractivity contribution in [1.29, 1.82) is 0 Å². The van der Waals surface area contributed by atoms with Gasteiger partial charge in [-0.3, -0.25) is 0 Å². The largest absolute Gasteiger partial charge is 0.220 e. The molecule has 0 spiro atoms. The van der Waals surface area contributed by atoms with Gasteiger partial charge in [-0.25, -0.2) is 9.97 Å². The van der Waals surface area contributed by atoms with Crippen LogP contribution < -0.4 is 0 Å². The Kier molecular flexibility index (Phi) is 3.70. The van der Waals surface area contributed by atoms with Crippen LogP contribution in [0.1, 0.15) is 43.1 Å². The maximum absolute atomic E-state index is 6.30. The van der Waals surface area contributed by atoms with E-state index in [1.165, 1.54) is 5.56 Å². The molecule has 0 radical (unpaired) electrons. The van der Waals surface area contributed by atoms with Gasteiger partial charge < -0.3 is 0 Å². The molecule has 2 nitrogen and oxygen atoms in total. The van der Waals surface area contributed by atoms with Gasteiger partial charge in [-0.1, -0.05) is 66.9 Å². The first-order valence-electron chi connectivity index (χ1n) is 6.95. The number of rotatable bonds is 4. The second-order valence-electron chi connectivity index (χ2n) is 5.31. The maximum atomic E-state index is 6.30. The standard InChI is InChI=1S/C16H16Cl2N2/c1-2-6-12-13(17)19-15(20-14(12)18)16(9-10-16)11-7-4-3-5-8-11/h3-5,7-8H,2,6,9-10H2,1H3. The lowest BCUT2D eigenvalue weighted by Crippen LogP contribution is -2.14. The highest BCUT2D eigenvalue weighted by Crippen LogP contribution is 2.52. The molecule has 0 unspecified atom stereocenters. The van der Waals surface area contributed by atoms with Crippen molar-refractivity contribution in [3.05, 3.63) is 57.6 Å². The lowest BCUT2D eigenvalue weighted by Gasteiger charge is -2.16. The number of benzene rings is 1. The van der Waals surface area contributed by atoms with Crippen molar-refractivity contribution < 1.29 is 0 Å². The molecule has 0 N–H and O–H groups in total. The minimum Gasteiger partial charge on any atom is -0.220 e. The van der Waals surface area contributed by atoms with Gasteiger partial charge in [0, 0.05) is 5.56 Å². The van der Waals surface area contributed by atoms with Crippen molar-refractivity contribution in [3.63, 3.8) is 0 Å². The molecule has 1 aromatic carbocycles. The predicted octanol–water partition coefficient (Wildman–Crippen LogP) is 4.82. The fraction of sp³-hybridized carbons (Fsp3) is 0.375. The van der Waals surface area contributed by atoms with E-state index in [1.807, 2.05) is 18.2 Å². The number of nitrogens with zero attached hydrogens (tertiary/aromatic N) is 2. The summed E-state index contributed by atoms with van der Waals surface area (Å²) < 4.78 is 0. The minimum absolute atomic E-state index is 0.0840. The summed E-state index contributed by atoms with van der Waals surface area (Å²) in [4.78, 5) is 9.07. The molecule has 104 valence electrons. The molecule has 20 heavy (non-hydrogen) atoms. The zero-order valence-electron chi connectivity index (χ0n) is 11.4. The Morgan fingerprint density at radius 1 is 1.05 bits per heavy atom. The SMILES string of the molecule is CCCc1c(Cl)nc(C2(c3ccccc3)CC2)nc1Cl. The molecular weight excluding hydrogens is 291 g/mol. The lowest BCUT2D eigenvalue weighted by molar-refractivity contribution is 0.746. The zero-order valence-corrected chi connectivity index (χ0v) is 12.9. The van der Waals surface area contributed by atoms with Gasteiger partial charge in [-0.15, -0.1) is 0 Å². The lowest BCUT2D eigenvalue weighted by atomic mass is 9.95. The molecule has 0 amide bonds. The summed E-state index contributed by atoms with van der Waals surface area (Å²) in [6.45, 7) is 2.09. The molecule has 2 aromatic rings. The highest BCUT2D eigenvalue weighted by Gasteiger charge is 2.49. The summed E-state index contributed by atoms with van der Waals surface area (Å²) in [5.74, 6) is 0.763. The van der Waals surface area contributed by atoms with E-state index in [1.54, 1.807) is 0 Å². The quantitative estimate of drug-likeness (QED) is 0.757. The maximum Gasteiger partial charge on any atom is 0.142 e. The molecule has 0 aliphatic heterocycles. The molecule has 1 aliphatic rings. The van der Waals surface area contributed by atoms with E-state index in [0.29, 0.717) is 10.3 Å². The Balaban J connectivity index is 2.03. The molecule has 1 heterocycles. The third-order valence-corrected chi connectivity index (χ3v) is 4.54. The first-order chi connectivity index (χ1) is 9.67. The van der Waals surface area contributed by atoms with Crippen LogP contribution in [-0.2, 0) is 11.8 Å². The first kappa shape index (κ1) is 13.8. The molecular formula is C16H16Cl2N2. The summed E-state index contributed by atoms with van der Waals surface area (Å²) in [6, 6.07) is 10.4.